The molecule has 0 bridgehead atoms. The monoisotopic (exact) mass is 287 g/mol. The average molecular weight is 288 g/mol. The molecule has 1 aliphatic carbocycles. The minimum atomic E-state index is -0.433. The van der Waals surface area contributed by atoms with E-state index in [1.54, 1.807) is 7.11 Å². The van der Waals surface area contributed by atoms with Crippen molar-refractivity contribution < 1.29 is 9.13 Å². The second-order valence-corrected chi connectivity index (χ2v) is 5.20. The Bertz CT molecular complexity index is 430. The van der Waals surface area contributed by atoms with E-state index in [9.17, 15) is 4.39 Å². The van der Waals surface area contributed by atoms with Gasteiger partial charge in [0, 0.05) is 11.1 Å². The van der Waals surface area contributed by atoms with Gasteiger partial charge in [-0.05, 0) is 53.7 Å². The molecule has 0 spiro atoms. The van der Waals surface area contributed by atoms with Crippen LogP contribution in [0.2, 0.25) is 0 Å². The lowest BCUT2D eigenvalue weighted by Gasteiger charge is -2.40. The van der Waals surface area contributed by atoms with Gasteiger partial charge in [0.25, 0.3) is 0 Å². The van der Waals surface area contributed by atoms with Gasteiger partial charge < -0.3 is 10.5 Å². The molecule has 88 valence electrons. The van der Waals surface area contributed by atoms with Gasteiger partial charge in [-0.3, -0.25) is 0 Å². The molecule has 0 atom stereocenters. The second-order valence-electron chi connectivity index (χ2n) is 4.41. The van der Waals surface area contributed by atoms with Crippen LogP contribution in [0.4, 0.5) is 4.39 Å². The number of methoxy groups -OCH3 is 1. The number of hydrogen-bond donors (Lipinski definition) is 1. The van der Waals surface area contributed by atoms with Crippen molar-refractivity contribution in [1.82, 2.24) is 0 Å². The average Bonchev–Trinajstić information content (AvgIpc) is 2.19. The third kappa shape index (κ3) is 1.64. The summed E-state index contributed by atoms with van der Waals surface area (Å²) in [5.74, 6) is 0.431. The van der Waals surface area contributed by atoms with Crippen LogP contribution >= 0.6 is 15.9 Å². The number of benzene rings is 1. The maximum absolute atomic E-state index is 13.7. The zero-order valence-corrected chi connectivity index (χ0v) is 11.0. The second kappa shape index (κ2) is 4.00. The summed E-state index contributed by atoms with van der Waals surface area (Å²) < 4.78 is 19.5. The fourth-order valence-electron chi connectivity index (χ4n) is 2.25. The Morgan fingerprint density at radius 2 is 2.12 bits per heavy atom. The molecule has 2 nitrogen and oxygen atoms in total. The first-order valence-electron chi connectivity index (χ1n) is 5.31. The molecule has 1 saturated carbocycles. The summed E-state index contributed by atoms with van der Waals surface area (Å²) in [7, 11) is 1.60. The van der Waals surface area contributed by atoms with E-state index in [4.69, 9.17) is 10.5 Å². The lowest BCUT2D eigenvalue weighted by atomic mass is 9.72. The van der Waals surface area contributed by atoms with Gasteiger partial charge in [-0.15, -0.1) is 0 Å². The van der Waals surface area contributed by atoms with Crippen LogP contribution < -0.4 is 10.5 Å². The molecule has 2 N–H and O–H groups in total. The Hall–Kier alpha value is -0.610. The van der Waals surface area contributed by atoms with E-state index in [-0.39, 0.29) is 5.82 Å². The highest BCUT2D eigenvalue weighted by molar-refractivity contribution is 9.10. The Kier molecular flexibility index (Phi) is 2.97. The third-order valence-electron chi connectivity index (χ3n) is 3.31. The third-order valence-corrected chi connectivity index (χ3v) is 4.08. The Morgan fingerprint density at radius 3 is 2.56 bits per heavy atom. The van der Waals surface area contributed by atoms with Crippen molar-refractivity contribution >= 4 is 15.9 Å². The van der Waals surface area contributed by atoms with E-state index in [1.807, 2.05) is 6.92 Å². The van der Waals surface area contributed by atoms with Crippen LogP contribution in [0.15, 0.2) is 10.5 Å². The predicted octanol–water partition coefficient (Wildman–Crippen LogP) is 3.24. The fourth-order valence-corrected chi connectivity index (χ4v) is 2.94. The fraction of sp³-hybridized carbons (Fsp3) is 0.500. The highest BCUT2D eigenvalue weighted by Crippen LogP contribution is 2.47. The van der Waals surface area contributed by atoms with Crippen LogP contribution in [0, 0.1) is 12.7 Å². The summed E-state index contributed by atoms with van der Waals surface area (Å²) in [5, 5.41) is 0. The molecule has 1 aromatic carbocycles. The number of aryl methyl sites for hydroxylation is 1. The zero-order chi connectivity index (χ0) is 11.9. The number of nitrogens with two attached hydrogens (primary N) is 1. The van der Waals surface area contributed by atoms with E-state index in [1.165, 1.54) is 6.07 Å². The van der Waals surface area contributed by atoms with E-state index in [2.05, 4.69) is 15.9 Å². The van der Waals surface area contributed by atoms with Crippen LogP contribution in [0.5, 0.6) is 5.75 Å². The summed E-state index contributed by atoms with van der Waals surface area (Å²) >= 11 is 3.28. The normalized spacial score (nSPS) is 18.1. The molecule has 0 unspecified atom stereocenters. The Morgan fingerprint density at radius 1 is 1.50 bits per heavy atom. The van der Waals surface area contributed by atoms with Crippen LogP contribution in [-0.4, -0.2) is 7.11 Å². The smallest absolute Gasteiger partial charge is 0.138 e. The molecular weight excluding hydrogens is 273 g/mol. The summed E-state index contributed by atoms with van der Waals surface area (Å²) in [4.78, 5) is 0. The SMILES string of the molecule is COc1c(C)cc(F)c(Br)c1C1(N)CCC1. The molecule has 1 aromatic rings. The molecule has 0 aliphatic heterocycles. The predicted molar refractivity (Wildman–Crippen MR) is 65.1 cm³/mol. The highest BCUT2D eigenvalue weighted by atomic mass is 79.9. The Labute approximate surface area is 103 Å². The number of rotatable bonds is 2. The van der Waals surface area contributed by atoms with Gasteiger partial charge in [0.15, 0.2) is 0 Å². The summed E-state index contributed by atoms with van der Waals surface area (Å²) in [6, 6.07) is 1.47. The van der Waals surface area contributed by atoms with Gasteiger partial charge in [-0.25, -0.2) is 4.39 Å². The standard InChI is InChI=1S/C12H15BrFNO/c1-7-6-8(14)10(13)9(11(7)16-2)12(15)4-3-5-12/h6H,3-5,15H2,1-2H3. The molecule has 16 heavy (non-hydrogen) atoms. The zero-order valence-electron chi connectivity index (χ0n) is 9.44. The molecule has 0 aromatic heterocycles. The molecule has 0 radical (unpaired) electrons. The number of ether oxygens (including phenoxy) is 1. The van der Waals surface area contributed by atoms with Crippen molar-refractivity contribution in [1.29, 1.82) is 0 Å². The van der Waals surface area contributed by atoms with E-state index >= 15 is 0 Å². The molecule has 2 rings (SSSR count). The van der Waals surface area contributed by atoms with Crippen molar-refractivity contribution in [2.45, 2.75) is 31.7 Å². The minimum absolute atomic E-state index is 0.273. The van der Waals surface area contributed by atoms with Gasteiger partial charge >= 0.3 is 0 Å². The Balaban J connectivity index is 2.65. The molecule has 0 amide bonds. The van der Waals surface area contributed by atoms with Crippen molar-refractivity contribution in [3.63, 3.8) is 0 Å². The minimum Gasteiger partial charge on any atom is -0.496 e. The topological polar surface area (TPSA) is 35.2 Å². The van der Waals surface area contributed by atoms with Gasteiger partial charge in [0.2, 0.25) is 0 Å². The maximum Gasteiger partial charge on any atom is 0.138 e. The largest absolute Gasteiger partial charge is 0.496 e. The number of halogens is 2. The van der Waals surface area contributed by atoms with Crippen LogP contribution in [0.25, 0.3) is 0 Å². The van der Waals surface area contributed by atoms with Crippen molar-refractivity contribution in [3.05, 3.63) is 27.5 Å². The highest BCUT2D eigenvalue weighted by Gasteiger charge is 2.39. The first-order chi connectivity index (χ1) is 7.49. The summed E-state index contributed by atoms with van der Waals surface area (Å²) in [6.45, 7) is 1.83. The molecule has 1 fully saturated rings. The molecule has 0 saturated heterocycles. The summed E-state index contributed by atoms with van der Waals surface area (Å²) in [5.41, 5.74) is 7.39. The molecule has 1 aliphatic rings. The van der Waals surface area contributed by atoms with Crippen molar-refractivity contribution in [2.75, 3.05) is 7.11 Å². The van der Waals surface area contributed by atoms with Gasteiger partial charge in [-0.1, -0.05) is 0 Å². The van der Waals surface area contributed by atoms with Gasteiger partial charge in [0.05, 0.1) is 11.6 Å². The number of hydrogen-bond acceptors (Lipinski definition) is 2. The van der Waals surface area contributed by atoms with Gasteiger partial charge in [-0.2, -0.15) is 0 Å². The first kappa shape index (κ1) is 11.9. The lowest BCUT2D eigenvalue weighted by molar-refractivity contribution is 0.241. The van der Waals surface area contributed by atoms with Crippen LogP contribution in [0.3, 0.4) is 0 Å². The maximum atomic E-state index is 13.7. The van der Waals surface area contributed by atoms with Crippen molar-refractivity contribution in [3.8, 4) is 5.75 Å². The molecular formula is C12H15BrFNO. The van der Waals surface area contributed by atoms with Crippen LogP contribution in [0.1, 0.15) is 30.4 Å². The van der Waals surface area contributed by atoms with E-state index in [0.717, 1.165) is 30.4 Å². The first-order valence-corrected chi connectivity index (χ1v) is 6.11. The van der Waals surface area contributed by atoms with E-state index in [0.29, 0.717) is 10.2 Å². The van der Waals surface area contributed by atoms with Crippen molar-refractivity contribution in [2.24, 2.45) is 5.73 Å². The quantitative estimate of drug-likeness (QED) is 0.906. The molecule has 4 heteroatoms. The summed E-state index contributed by atoms with van der Waals surface area (Å²) in [6.07, 6.45) is 2.84. The van der Waals surface area contributed by atoms with E-state index < -0.39 is 5.54 Å². The van der Waals surface area contributed by atoms with Gasteiger partial charge in [0.1, 0.15) is 11.6 Å². The lowest BCUT2D eigenvalue weighted by Crippen LogP contribution is -2.44. The molecule has 0 heterocycles. The van der Waals surface area contributed by atoms with Crippen LogP contribution in [-0.2, 0) is 5.54 Å².